The summed E-state index contributed by atoms with van der Waals surface area (Å²) in [5.74, 6) is -1.30. The van der Waals surface area contributed by atoms with Crippen molar-refractivity contribution in [2.45, 2.75) is 59.3 Å². The Bertz CT molecular complexity index is 1660. The standard InChI is InChI=1S/C30H29N3O7/c1-13(2)29-32-21(33-40-29)11-17-7-9-18(10-8-17)31-15(4)22-19(35)12-20-30(6,28(22)38)24-26(37)14(3)25(36)23(16(5)34)27(24)39-20/h7-10,12-13,31,36-37H,11H2,1-6H3/b22-15+/t30-/m0/s1. The molecule has 0 saturated heterocycles. The third kappa shape index (κ3) is 4.07. The van der Waals surface area contributed by atoms with E-state index in [2.05, 4.69) is 15.5 Å². The van der Waals surface area contributed by atoms with Crippen LogP contribution in [0.5, 0.6) is 17.2 Å². The lowest BCUT2D eigenvalue weighted by Gasteiger charge is -2.29. The maximum absolute atomic E-state index is 13.9. The molecule has 0 radical (unpaired) electrons. The zero-order chi connectivity index (χ0) is 29.1. The van der Waals surface area contributed by atoms with Crippen molar-refractivity contribution in [3.8, 4) is 17.2 Å². The van der Waals surface area contributed by atoms with Crippen LogP contribution in [0.15, 0.2) is 51.9 Å². The van der Waals surface area contributed by atoms with Gasteiger partial charge in [0.1, 0.15) is 34.0 Å². The first-order valence-electron chi connectivity index (χ1n) is 12.8. The Kier molecular flexibility index (Phi) is 6.36. The summed E-state index contributed by atoms with van der Waals surface area (Å²) in [5.41, 5.74) is 0.183. The van der Waals surface area contributed by atoms with E-state index in [1.807, 2.05) is 38.1 Å². The summed E-state index contributed by atoms with van der Waals surface area (Å²) in [4.78, 5) is 43.8. The maximum atomic E-state index is 13.9. The van der Waals surface area contributed by atoms with Gasteiger partial charge in [0.25, 0.3) is 0 Å². The number of rotatable bonds is 6. The number of carbonyl (C=O) groups excluding carboxylic acids is 3. The van der Waals surface area contributed by atoms with E-state index < -0.39 is 28.5 Å². The van der Waals surface area contributed by atoms with Crippen molar-refractivity contribution in [3.05, 3.63) is 81.3 Å². The van der Waals surface area contributed by atoms with Gasteiger partial charge in [-0.25, -0.2) is 0 Å². The van der Waals surface area contributed by atoms with Gasteiger partial charge in [0.2, 0.25) is 5.89 Å². The van der Waals surface area contributed by atoms with E-state index >= 15 is 0 Å². The fourth-order valence-electron chi connectivity index (χ4n) is 5.10. The highest BCUT2D eigenvalue weighted by Gasteiger charge is 2.56. The Morgan fingerprint density at radius 1 is 1.10 bits per heavy atom. The number of allylic oxidation sites excluding steroid dienone is 4. The molecule has 10 nitrogen and oxygen atoms in total. The van der Waals surface area contributed by atoms with Crippen molar-refractivity contribution >= 4 is 23.0 Å². The molecule has 2 heterocycles. The monoisotopic (exact) mass is 543 g/mol. The quantitative estimate of drug-likeness (QED) is 0.225. The minimum Gasteiger partial charge on any atom is -0.507 e. The molecule has 3 N–H and O–H groups in total. The molecule has 206 valence electrons. The van der Waals surface area contributed by atoms with Gasteiger partial charge in [-0.3, -0.25) is 14.4 Å². The van der Waals surface area contributed by atoms with Crippen LogP contribution in [0.2, 0.25) is 0 Å². The number of fused-ring (bicyclic) bond motifs is 3. The highest BCUT2D eigenvalue weighted by molar-refractivity contribution is 6.31. The smallest absolute Gasteiger partial charge is 0.229 e. The van der Waals surface area contributed by atoms with E-state index in [1.54, 1.807) is 6.92 Å². The number of aromatic nitrogens is 2. The molecule has 0 unspecified atom stereocenters. The van der Waals surface area contributed by atoms with Crippen molar-refractivity contribution in [2.24, 2.45) is 0 Å². The molecule has 1 aromatic heterocycles. The van der Waals surface area contributed by atoms with Crippen molar-refractivity contribution in [1.29, 1.82) is 0 Å². The first-order valence-corrected chi connectivity index (χ1v) is 12.8. The minimum absolute atomic E-state index is 0.0108. The fraction of sp³-hybridized carbons (Fsp3) is 0.300. The minimum atomic E-state index is -1.57. The number of aromatic hydroxyl groups is 2. The first kappa shape index (κ1) is 26.9. The van der Waals surface area contributed by atoms with Gasteiger partial charge < -0.3 is 24.8 Å². The third-order valence-electron chi connectivity index (χ3n) is 7.39. The number of carbonyl (C=O) groups is 3. The average Bonchev–Trinajstić information content (AvgIpc) is 3.47. The van der Waals surface area contributed by atoms with Crippen LogP contribution in [0.4, 0.5) is 5.69 Å². The van der Waals surface area contributed by atoms with Gasteiger partial charge in [-0.15, -0.1) is 0 Å². The number of anilines is 1. The number of Topliss-reactive ketones (excluding diaryl/α,β-unsaturated/α-hetero) is 2. The van der Waals surface area contributed by atoms with Gasteiger partial charge in [-0.2, -0.15) is 4.98 Å². The van der Waals surface area contributed by atoms with Gasteiger partial charge in [-0.1, -0.05) is 31.1 Å². The van der Waals surface area contributed by atoms with Crippen molar-refractivity contribution in [3.63, 3.8) is 0 Å². The van der Waals surface area contributed by atoms with E-state index in [4.69, 9.17) is 9.26 Å². The summed E-state index contributed by atoms with van der Waals surface area (Å²) >= 11 is 0. The number of benzene rings is 2. The van der Waals surface area contributed by atoms with Gasteiger partial charge in [0.15, 0.2) is 23.2 Å². The van der Waals surface area contributed by atoms with Crippen LogP contribution in [0.3, 0.4) is 0 Å². The van der Waals surface area contributed by atoms with Gasteiger partial charge in [0, 0.05) is 35.4 Å². The molecule has 0 saturated carbocycles. The zero-order valence-corrected chi connectivity index (χ0v) is 23.0. The van der Waals surface area contributed by atoms with Crippen molar-refractivity contribution in [2.75, 3.05) is 5.32 Å². The second kappa shape index (κ2) is 9.48. The number of nitrogens with one attached hydrogen (secondary N) is 1. The van der Waals surface area contributed by atoms with E-state index in [0.29, 0.717) is 29.5 Å². The molecule has 0 amide bonds. The van der Waals surface area contributed by atoms with Gasteiger partial charge >= 0.3 is 0 Å². The number of phenols is 2. The molecule has 1 aliphatic carbocycles. The number of nitrogens with zero attached hydrogens (tertiary/aromatic N) is 2. The SMILES string of the molecule is CC(=O)c1c(O)c(C)c(O)c2c1OC1=CC(=O)/C(=C(/C)Nc3ccc(Cc4noc(C(C)C)n4)cc3)C(=O)[C@@]12C. The molecule has 3 aromatic rings. The molecule has 40 heavy (non-hydrogen) atoms. The molecule has 1 aliphatic heterocycles. The van der Waals surface area contributed by atoms with E-state index in [9.17, 15) is 24.6 Å². The molecule has 0 bridgehead atoms. The molecule has 5 rings (SSSR count). The summed E-state index contributed by atoms with van der Waals surface area (Å²) in [6.45, 7) is 9.79. The maximum Gasteiger partial charge on any atom is 0.229 e. The average molecular weight is 544 g/mol. The van der Waals surface area contributed by atoms with Gasteiger partial charge in [0.05, 0.1) is 11.1 Å². The molecular weight excluding hydrogens is 514 g/mol. The lowest BCUT2D eigenvalue weighted by molar-refractivity contribution is -0.123. The van der Waals surface area contributed by atoms with Crippen LogP contribution in [0, 0.1) is 6.92 Å². The fourth-order valence-corrected chi connectivity index (χ4v) is 5.10. The normalized spacial score (nSPS) is 19.2. The van der Waals surface area contributed by atoms with Crippen LogP contribution in [-0.2, 0) is 21.4 Å². The summed E-state index contributed by atoms with van der Waals surface area (Å²) in [6.07, 6.45) is 1.68. The van der Waals surface area contributed by atoms with E-state index in [1.165, 1.54) is 26.8 Å². The van der Waals surface area contributed by atoms with Crippen LogP contribution < -0.4 is 10.1 Å². The third-order valence-corrected chi connectivity index (χ3v) is 7.39. The largest absolute Gasteiger partial charge is 0.507 e. The first-order chi connectivity index (χ1) is 18.8. The Hall–Kier alpha value is -4.73. The molecule has 1 atom stereocenters. The van der Waals surface area contributed by atoms with Crippen LogP contribution >= 0.6 is 0 Å². The number of ketones is 3. The number of hydrogen-bond donors (Lipinski definition) is 3. The Balaban J connectivity index is 1.46. The molecule has 2 aliphatic rings. The predicted molar refractivity (Wildman–Crippen MR) is 145 cm³/mol. The van der Waals surface area contributed by atoms with Crippen molar-refractivity contribution in [1.82, 2.24) is 10.1 Å². The van der Waals surface area contributed by atoms with Crippen LogP contribution in [-0.4, -0.2) is 37.7 Å². The van der Waals surface area contributed by atoms with Gasteiger partial charge in [-0.05, 0) is 45.4 Å². The van der Waals surface area contributed by atoms with Crippen LogP contribution in [0.1, 0.15) is 79.3 Å². The Morgan fingerprint density at radius 2 is 1.77 bits per heavy atom. The molecule has 10 heteroatoms. The predicted octanol–water partition coefficient (Wildman–Crippen LogP) is 4.78. The molecule has 2 aromatic carbocycles. The molecular formula is C30H29N3O7. The van der Waals surface area contributed by atoms with E-state index in [0.717, 1.165) is 5.56 Å². The Morgan fingerprint density at radius 3 is 2.38 bits per heavy atom. The van der Waals surface area contributed by atoms with Crippen molar-refractivity contribution < 1.29 is 33.9 Å². The topological polar surface area (TPSA) is 152 Å². The summed E-state index contributed by atoms with van der Waals surface area (Å²) in [6, 6.07) is 7.39. The highest BCUT2D eigenvalue weighted by atomic mass is 16.5. The Labute approximate surface area is 230 Å². The second-order valence-electron chi connectivity index (χ2n) is 10.6. The lowest BCUT2D eigenvalue weighted by Crippen LogP contribution is -2.40. The zero-order valence-electron chi connectivity index (χ0n) is 23.0. The summed E-state index contributed by atoms with van der Waals surface area (Å²) in [5, 5.41) is 28.6. The number of ether oxygens (including phenoxy) is 1. The molecule has 0 spiro atoms. The highest BCUT2D eigenvalue weighted by Crippen LogP contribution is 2.57. The lowest BCUT2D eigenvalue weighted by atomic mass is 9.70. The second-order valence-corrected chi connectivity index (χ2v) is 10.6. The van der Waals surface area contributed by atoms with E-state index in [-0.39, 0.29) is 45.4 Å². The van der Waals surface area contributed by atoms with Crippen LogP contribution in [0.25, 0.3) is 0 Å². The number of phenolic OH excluding ortho intramolecular Hbond substituents is 2. The molecule has 0 fully saturated rings. The number of hydrogen-bond acceptors (Lipinski definition) is 10. The summed E-state index contributed by atoms with van der Waals surface area (Å²) in [7, 11) is 0. The summed E-state index contributed by atoms with van der Waals surface area (Å²) < 4.78 is 11.1.